The van der Waals surface area contributed by atoms with E-state index in [-0.39, 0.29) is 17.8 Å². The van der Waals surface area contributed by atoms with E-state index in [2.05, 4.69) is 15.5 Å². The fraction of sp³-hybridized carbons (Fsp3) is 0.579. The highest BCUT2D eigenvalue weighted by atomic mass is 32.2. The summed E-state index contributed by atoms with van der Waals surface area (Å²) in [5, 5.41) is 12.2. The lowest BCUT2D eigenvalue weighted by Gasteiger charge is -2.19. The van der Waals surface area contributed by atoms with Gasteiger partial charge in [-0.15, -0.1) is 21.5 Å². The van der Waals surface area contributed by atoms with E-state index in [4.69, 9.17) is 10.5 Å². The van der Waals surface area contributed by atoms with E-state index in [0.717, 1.165) is 41.9 Å². The van der Waals surface area contributed by atoms with Crippen LogP contribution in [0.3, 0.4) is 0 Å². The Morgan fingerprint density at radius 1 is 1.28 bits per heavy atom. The Morgan fingerprint density at radius 3 is 2.72 bits per heavy atom. The number of ether oxygens (including phenoxy) is 1. The molecule has 3 rings (SSSR count). The van der Waals surface area contributed by atoms with Crippen LogP contribution in [0, 0.1) is 0 Å². The highest BCUT2D eigenvalue weighted by Crippen LogP contribution is 2.39. The van der Waals surface area contributed by atoms with Crippen molar-refractivity contribution >= 4 is 45.9 Å². The van der Waals surface area contributed by atoms with Crippen LogP contribution in [0.2, 0.25) is 0 Å². The number of carbonyl (C=O) groups excluding carboxylic acids is 2. The van der Waals surface area contributed by atoms with Gasteiger partial charge in [0.1, 0.15) is 11.0 Å². The van der Waals surface area contributed by atoms with E-state index in [1.165, 1.54) is 23.1 Å². The molecule has 29 heavy (non-hydrogen) atoms. The Kier molecular flexibility index (Phi) is 7.18. The van der Waals surface area contributed by atoms with Gasteiger partial charge in [0, 0.05) is 4.88 Å². The van der Waals surface area contributed by atoms with Gasteiger partial charge in [-0.3, -0.25) is 9.36 Å². The van der Waals surface area contributed by atoms with Gasteiger partial charge in [-0.1, -0.05) is 25.6 Å². The van der Waals surface area contributed by atoms with Crippen LogP contribution in [0.25, 0.3) is 0 Å². The number of fused-ring (bicyclic) bond motifs is 1. The molecular formula is C19H27N5O3S2. The molecule has 0 fully saturated rings. The van der Waals surface area contributed by atoms with Gasteiger partial charge in [-0.25, -0.2) is 4.79 Å². The summed E-state index contributed by atoms with van der Waals surface area (Å²) in [5.41, 5.74) is 7.53. The lowest BCUT2D eigenvalue weighted by Crippen LogP contribution is -2.27. The summed E-state index contributed by atoms with van der Waals surface area (Å²) in [7, 11) is 0. The first-order chi connectivity index (χ1) is 14.0. The van der Waals surface area contributed by atoms with Crippen LogP contribution in [-0.2, 0) is 22.4 Å². The maximum absolute atomic E-state index is 13.2. The molecule has 0 spiro atoms. The molecule has 0 saturated heterocycles. The molecule has 2 aromatic heterocycles. The second kappa shape index (κ2) is 9.62. The van der Waals surface area contributed by atoms with E-state index >= 15 is 0 Å². The van der Waals surface area contributed by atoms with Gasteiger partial charge < -0.3 is 15.8 Å². The molecule has 0 bridgehead atoms. The smallest absolute Gasteiger partial charge is 0.341 e. The summed E-state index contributed by atoms with van der Waals surface area (Å²) >= 11 is 2.96. The summed E-state index contributed by atoms with van der Waals surface area (Å²) in [5.74, 6) is 0.391. The summed E-state index contributed by atoms with van der Waals surface area (Å²) in [4.78, 5) is 27.0. The highest BCUT2D eigenvalue weighted by Gasteiger charge is 2.30. The van der Waals surface area contributed by atoms with Crippen molar-refractivity contribution < 1.29 is 14.3 Å². The van der Waals surface area contributed by atoms with Crippen LogP contribution in [0.5, 0.6) is 0 Å². The number of aryl methyl sites for hydroxylation is 1. The monoisotopic (exact) mass is 437 g/mol. The standard InChI is InChI=1S/C19H27N5O3S2/c1-4-12(24-18(20)22-23-19(24)28-6-3)15(25)21-16-14(17(26)27-5-2)11-9-7-8-10-13(11)29-16/h12H,4-10H2,1-3H3,(H2,20,22)(H,21,25). The van der Waals surface area contributed by atoms with Crippen LogP contribution < -0.4 is 11.1 Å². The molecule has 1 aliphatic rings. The topological polar surface area (TPSA) is 112 Å². The molecule has 0 radical (unpaired) electrons. The van der Waals surface area contributed by atoms with E-state index < -0.39 is 6.04 Å². The number of rotatable bonds is 8. The molecule has 1 unspecified atom stereocenters. The molecule has 0 aromatic carbocycles. The van der Waals surface area contributed by atoms with Crippen LogP contribution in [0.1, 0.15) is 66.9 Å². The van der Waals surface area contributed by atoms with Gasteiger partial charge in [0.05, 0.1) is 12.2 Å². The summed E-state index contributed by atoms with van der Waals surface area (Å²) in [6.07, 6.45) is 4.41. The number of thiophene rings is 1. The van der Waals surface area contributed by atoms with Crippen LogP contribution in [0.4, 0.5) is 10.9 Å². The highest BCUT2D eigenvalue weighted by molar-refractivity contribution is 7.99. The van der Waals surface area contributed by atoms with E-state index in [0.29, 0.717) is 28.7 Å². The number of thioether (sulfide) groups is 1. The Balaban J connectivity index is 1.92. The van der Waals surface area contributed by atoms with Crippen LogP contribution in [-0.4, -0.2) is 39.0 Å². The van der Waals surface area contributed by atoms with Gasteiger partial charge in [0.15, 0.2) is 5.16 Å². The van der Waals surface area contributed by atoms with Crippen molar-refractivity contribution in [2.75, 3.05) is 23.4 Å². The average Bonchev–Trinajstić information content (AvgIpc) is 3.24. The number of carbonyl (C=O) groups is 2. The number of nitrogens with two attached hydrogens (primary N) is 1. The third-order valence-electron chi connectivity index (χ3n) is 4.85. The minimum absolute atomic E-state index is 0.207. The van der Waals surface area contributed by atoms with Crippen molar-refractivity contribution in [2.45, 2.75) is 64.1 Å². The van der Waals surface area contributed by atoms with Gasteiger partial charge in [0.25, 0.3) is 0 Å². The fourth-order valence-electron chi connectivity index (χ4n) is 3.56. The van der Waals surface area contributed by atoms with Crippen molar-refractivity contribution in [2.24, 2.45) is 0 Å². The molecule has 1 amide bonds. The second-order valence-corrected chi connectivity index (χ2v) is 9.03. The summed E-state index contributed by atoms with van der Waals surface area (Å²) in [6.45, 7) is 5.99. The largest absolute Gasteiger partial charge is 0.462 e. The molecule has 158 valence electrons. The molecule has 0 saturated carbocycles. The van der Waals surface area contributed by atoms with Crippen LogP contribution >= 0.6 is 23.1 Å². The minimum Gasteiger partial charge on any atom is -0.462 e. The average molecular weight is 438 g/mol. The van der Waals surface area contributed by atoms with Crippen LogP contribution in [0.15, 0.2) is 5.16 Å². The minimum atomic E-state index is -0.562. The molecule has 1 aliphatic carbocycles. The predicted molar refractivity (Wildman–Crippen MR) is 116 cm³/mol. The molecular weight excluding hydrogens is 410 g/mol. The number of nitrogens with zero attached hydrogens (tertiary/aromatic N) is 3. The Morgan fingerprint density at radius 2 is 2.03 bits per heavy atom. The lowest BCUT2D eigenvalue weighted by molar-refractivity contribution is -0.119. The fourth-order valence-corrected chi connectivity index (χ4v) is 5.56. The van der Waals surface area contributed by atoms with Crippen molar-refractivity contribution in [1.82, 2.24) is 14.8 Å². The van der Waals surface area contributed by atoms with Gasteiger partial charge in [0.2, 0.25) is 11.9 Å². The number of amides is 1. The number of hydrogen-bond acceptors (Lipinski definition) is 8. The first-order valence-electron chi connectivity index (χ1n) is 9.97. The molecule has 0 aliphatic heterocycles. The van der Waals surface area contributed by atoms with Gasteiger partial charge in [-0.05, 0) is 50.3 Å². The molecule has 1 atom stereocenters. The molecule has 2 aromatic rings. The van der Waals surface area contributed by atoms with Gasteiger partial charge in [-0.2, -0.15) is 0 Å². The zero-order valence-corrected chi connectivity index (χ0v) is 18.6. The first-order valence-corrected chi connectivity index (χ1v) is 11.8. The zero-order chi connectivity index (χ0) is 21.0. The Hall–Kier alpha value is -2.07. The normalized spacial score (nSPS) is 14.3. The maximum atomic E-state index is 13.2. The van der Waals surface area contributed by atoms with E-state index in [1.807, 2.05) is 13.8 Å². The number of nitrogen functional groups attached to an aromatic ring is 1. The number of esters is 1. The summed E-state index contributed by atoms with van der Waals surface area (Å²) < 4.78 is 6.94. The molecule has 10 heteroatoms. The SMILES string of the molecule is CCOC(=O)c1c(NC(=O)C(CC)n2c(N)nnc2SCC)sc2c1CCCC2. The zero-order valence-electron chi connectivity index (χ0n) is 17.0. The molecule has 8 nitrogen and oxygen atoms in total. The number of hydrogen-bond donors (Lipinski definition) is 2. The quantitative estimate of drug-likeness (QED) is 0.478. The van der Waals surface area contributed by atoms with Crippen molar-refractivity contribution in [3.05, 3.63) is 16.0 Å². The third kappa shape index (κ3) is 4.42. The van der Waals surface area contributed by atoms with E-state index in [9.17, 15) is 9.59 Å². The van der Waals surface area contributed by atoms with Gasteiger partial charge >= 0.3 is 5.97 Å². The Labute approximate surface area is 178 Å². The number of anilines is 2. The second-order valence-electron chi connectivity index (χ2n) is 6.69. The molecule has 2 heterocycles. The van der Waals surface area contributed by atoms with E-state index in [1.54, 1.807) is 11.5 Å². The van der Waals surface area contributed by atoms with Crippen molar-refractivity contribution in [3.8, 4) is 0 Å². The molecule has 3 N–H and O–H groups in total. The third-order valence-corrected chi connectivity index (χ3v) is 6.89. The number of aromatic nitrogens is 3. The number of nitrogens with one attached hydrogen (secondary N) is 1. The van der Waals surface area contributed by atoms with Crippen molar-refractivity contribution in [1.29, 1.82) is 0 Å². The summed E-state index contributed by atoms with van der Waals surface area (Å²) in [6, 6.07) is -0.562. The predicted octanol–water partition coefficient (Wildman–Crippen LogP) is 3.68. The maximum Gasteiger partial charge on any atom is 0.341 e. The van der Waals surface area contributed by atoms with Crippen molar-refractivity contribution in [3.63, 3.8) is 0 Å². The first kappa shape index (κ1) is 21.6. The lowest BCUT2D eigenvalue weighted by atomic mass is 9.95. The Bertz CT molecular complexity index is 893.